The Morgan fingerprint density at radius 3 is 2.25 bits per heavy atom. The predicted molar refractivity (Wildman–Crippen MR) is 235 cm³/mol. The number of fused-ring (bicyclic) bond motifs is 3. The molecule has 0 unspecified atom stereocenters. The van der Waals surface area contributed by atoms with Crippen molar-refractivity contribution in [2.45, 2.75) is 56.8 Å². The summed E-state index contributed by atoms with van der Waals surface area (Å²) in [5, 5.41) is 17.0. The van der Waals surface area contributed by atoms with Gasteiger partial charge in [0.05, 0.1) is 70.9 Å². The van der Waals surface area contributed by atoms with Gasteiger partial charge in [0.2, 0.25) is 5.91 Å². The number of aromatic nitrogens is 2. The van der Waals surface area contributed by atoms with Gasteiger partial charge in [0.15, 0.2) is 5.60 Å². The van der Waals surface area contributed by atoms with Crippen LogP contribution in [0.3, 0.4) is 0 Å². The number of carbonyl (C=O) groups is 2. The molecular weight excluding hydrogens is 773 g/mol. The van der Waals surface area contributed by atoms with E-state index in [4.69, 9.17) is 14.2 Å². The monoisotopic (exact) mass is 822 g/mol. The topological polar surface area (TPSA) is 123 Å². The number of rotatable bonds is 13. The van der Waals surface area contributed by atoms with E-state index in [1.807, 2.05) is 103 Å². The predicted octanol–water partition coefficient (Wildman–Crippen LogP) is 6.58. The van der Waals surface area contributed by atoms with Gasteiger partial charge >= 0.3 is 0 Å². The lowest BCUT2D eigenvalue weighted by atomic mass is 9.82. The molecule has 11 nitrogen and oxygen atoms in total. The summed E-state index contributed by atoms with van der Waals surface area (Å²) in [5.41, 5.74) is 2.02. The Morgan fingerprint density at radius 1 is 0.867 bits per heavy atom. The van der Waals surface area contributed by atoms with Crippen LogP contribution in [0.1, 0.15) is 30.0 Å². The average molecular weight is 823 g/mol. The molecule has 60 heavy (non-hydrogen) atoms. The number of benzene rings is 5. The number of hydrogen-bond acceptors (Lipinski definition) is 8. The number of carbonyl (C=O) groups excluding carboxylic acids is 2. The van der Waals surface area contributed by atoms with Crippen LogP contribution in [0.25, 0.3) is 16.5 Å². The van der Waals surface area contributed by atoms with E-state index < -0.39 is 19.8 Å². The Labute approximate surface area is 350 Å². The third-order valence-corrected chi connectivity index (χ3v) is 16.9. The Balaban J connectivity index is 1.16. The van der Waals surface area contributed by atoms with Crippen LogP contribution in [0.2, 0.25) is 18.6 Å². The lowest BCUT2D eigenvalue weighted by Gasteiger charge is -2.37. The van der Waals surface area contributed by atoms with Gasteiger partial charge in [-0.25, -0.2) is 0 Å². The standard InChI is InChI=1S/C48H50N4O7Si/c1-32-45(60(4,5)39-22-19-37(57-2)20-23-39)43(28-44(54)50(25-26-53)30-33-11-7-6-8-12-33)59-48(32)41-27-38(58-3)21-24-42(41)51(47(48)56)31-34-15-17-36(18-16-34)52-46(55)40-14-10-9-13-35(40)29-49-52/h6-24,27,29,32,43,45,53H,25-26,28,30-31H2,1-5H3/t32-,43+,45-,48+/m0/s1. The normalized spacial score (nSPS) is 19.8. The molecule has 2 amide bonds. The molecule has 1 spiro atoms. The van der Waals surface area contributed by atoms with Crippen LogP contribution in [0.5, 0.6) is 11.5 Å². The molecule has 1 saturated heterocycles. The number of aliphatic hydroxyl groups excluding tert-OH is 1. The minimum Gasteiger partial charge on any atom is -0.497 e. The fourth-order valence-electron chi connectivity index (χ4n) is 9.49. The molecule has 8 rings (SSSR count). The summed E-state index contributed by atoms with van der Waals surface area (Å²) < 4.78 is 19.9. The van der Waals surface area contributed by atoms with Crippen LogP contribution in [-0.2, 0) is 33.0 Å². The highest BCUT2D eigenvalue weighted by Gasteiger charge is 2.66. The molecule has 3 heterocycles. The molecule has 0 radical (unpaired) electrons. The van der Waals surface area contributed by atoms with Crippen molar-refractivity contribution in [2.24, 2.45) is 5.92 Å². The van der Waals surface area contributed by atoms with Gasteiger partial charge in [-0.15, -0.1) is 0 Å². The van der Waals surface area contributed by atoms with Gasteiger partial charge in [-0.2, -0.15) is 9.78 Å². The molecule has 1 fully saturated rings. The number of amides is 2. The molecule has 0 bridgehead atoms. The second-order valence-corrected chi connectivity index (χ2v) is 21.0. The molecule has 2 aliphatic rings. The van der Waals surface area contributed by atoms with Gasteiger partial charge in [-0.1, -0.05) is 98.0 Å². The third kappa shape index (κ3) is 7.18. The summed E-state index contributed by atoms with van der Waals surface area (Å²) in [5.74, 6) is 0.636. The first kappa shape index (κ1) is 40.7. The number of methoxy groups -OCH3 is 2. The van der Waals surface area contributed by atoms with Crippen molar-refractivity contribution in [3.8, 4) is 17.2 Å². The van der Waals surface area contributed by atoms with Crippen LogP contribution in [0.15, 0.2) is 132 Å². The second-order valence-electron chi connectivity index (χ2n) is 16.3. The molecule has 4 atom stereocenters. The van der Waals surface area contributed by atoms with E-state index in [0.717, 1.165) is 27.4 Å². The largest absolute Gasteiger partial charge is 0.497 e. The van der Waals surface area contributed by atoms with E-state index in [9.17, 15) is 14.7 Å². The zero-order valence-electron chi connectivity index (χ0n) is 34.6. The van der Waals surface area contributed by atoms with Crippen LogP contribution in [0.4, 0.5) is 5.69 Å². The smallest absolute Gasteiger partial charge is 0.279 e. The van der Waals surface area contributed by atoms with Crippen LogP contribution in [0, 0.1) is 5.92 Å². The minimum atomic E-state index is -2.56. The van der Waals surface area contributed by atoms with Crippen LogP contribution in [-0.4, -0.2) is 73.2 Å². The molecule has 12 heteroatoms. The maximum Gasteiger partial charge on any atom is 0.279 e. The molecule has 1 N–H and O–H groups in total. The van der Waals surface area contributed by atoms with E-state index in [0.29, 0.717) is 34.6 Å². The molecule has 0 aliphatic carbocycles. The summed E-state index contributed by atoms with van der Waals surface area (Å²) in [6.45, 7) is 7.23. The zero-order valence-corrected chi connectivity index (χ0v) is 35.6. The SMILES string of the molecule is COc1ccc([Si](C)(C)[C@@H]2[C@@H](CC(=O)N(CCO)Cc3ccccc3)O[C@]3(C(=O)N(Cc4ccc(-n5ncc6ccccc6c5=O)cc4)c4ccc(OC)cc43)[C@H]2C)cc1. The lowest BCUT2D eigenvalue weighted by Crippen LogP contribution is -2.52. The van der Waals surface area contributed by atoms with Crippen molar-refractivity contribution in [2.75, 3.05) is 32.3 Å². The highest BCUT2D eigenvalue weighted by Crippen LogP contribution is 2.60. The maximum atomic E-state index is 15.4. The quantitative estimate of drug-likeness (QED) is 0.130. The van der Waals surface area contributed by atoms with Crippen molar-refractivity contribution < 1.29 is 28.9 Å². The minimum absolute atomic E-state index is 0.0341. The Hall–Kier alpha value is -6.08. The molecule has 0 saturated carbocycles. The van der Waals surface area contributed by atoms with Crippen LogP contribution < -0.4 is 25.1 Å². The number of aliphatic hydroxyl groups is 1. The average Bonchev–Trinajstić information content (AvgIpc) is 3.69. The molecule has 308 valence electrons. The van der Waals surface area contributed by atoms with Crippen molar-refractivity contribution in [1.29, 1.82) is 0 Å². The summed E-state index contributed by atoms with van der Waals surface area (Å²) in [7, 11) is 0.684. The first-order valence-corrected chi connectivity index (χ1v) is 23.4. The van der Waals surface area contributed by atoms with E-state index in [1.54, 1.807) is 36.3 Å². The third-order valence-electron chi connectivity index (χ3n) is 12.6. The van der Waals surface area contributed by atoms with Gasteiger partial charge in [-0.05, 0) is 65.2 Å². The fourth-order valence-corrected chi connectivity index (χ4v) is 13.5. The van der Waals surface area contributed by atoms with Gasteiger partial charge < -0.3 is 29.1 Å². The van der Waals surface area contributed by atoms with E-state index in [-0.39, 0.29) is 54.9 Å². The fraction of sp³-hybridized carbons (Fsp3) is 0.292. The van der Waals surface area contributed by atoms with Gasteiger partial charge in [-0.3, -0.25) is 14.4 Å². The maximum absolute atomic E-state index is 15.4. The number of hydrogen-bond donors (Lipinski definition) is 1. The van der Waals surface area contributed by atoms with Crippen LogP contribution >= 0.6 is 0 Å². The highest BCUT2D eigenvalue weighted by atomic mass is 28.3. The van der Waals surface area contributed by atoms with Crippen molar-refractivity contribution in [3.63, 3.8) is 0 Å². The van der Waals surface area contributed by atoms with Gasteiger partial charge in [0.1, 0.15) is 11.5 Å². The first-order chi connectivity index (χ1) is 29.0. The van der Waals surface area contributed by atoms with Gasteiger partial charge in [0, 0.05) is 30.0 Å². The zero-order chi connectivity index (χ0) is 42.2. The molecule has 6 aromatic rings. The number of anilines is 1. The number of nitrogens with zero attached hydrogens (tertiary/aromatic N) is 4. The van der Waals surface area contributed by atoms with Crippen molar-refractivity contribution >= 4 is 41.5 Å². The Kier molecular flexibility index (Phi) is 11.2. The first-order valence-electron chi connectivity index (χ1n) is 20.3. The Bertz CT molecular complexity index is 2580. The van der Waals surface area contributed by atoms with Crippen molar-refractivity contribution in [3.05, 3.63) is 155 Å². The Morgan fingerprint density at radius 2 is 1.55 bits per heavy atom. The summed E-state index contributed by atoms with van der Waals surface area (Å²) >= 11 is 0. The van der Waals surface area contributed by atoms with Gasteiger partial charge in [0.25, 0.3) is 11.5 Å². The molecule has 2 aliphatic heterocycles. The summed E-state index contributed by atoms with van der Waals surface area (Å²) in [4.78, 5) is 46.7. The lowest BCUT2D eigenvalue weighted by molar-refractivity contribution is -0.150. The summed E-state index contributed by atoms with van der Waals surface area (Å²) in [6, 6.07) is 38.4. The van der Waals surface area contributed by atoms with E-state index in [2.05, 4.69) is 37.2 Å². The molecule has 1 aromatic heterocycles. The molecule has 5 aromatic carbocycles. The molecular formula is C48H50N4O7Si. The number of ether oxygens (including phenoxy) is 3. The van der Waals surface area contributed by atoms with Crippen molar-refractivity contribution in [1.82, 2.24) is 14.7 Å². The van der Waals surface area contributed by atoms with E-state index >= 15 is 4.79 Å². The second kappa shape index (κ2) is 16.5. The van der Waals surface area contributed by atoms with E-state index in [1.165, 1.54) is 4.68 Å². The highest BCUT2D eigenvalue weighted by molar-refractivity contribution is 6.91. The summed E-state index contributed by atoms with van der Waals surface area (Å²) in [6.07, 6.45) is 1.09.